The van der Waals surface area contributed by atoms with Crippen LogP contribution < -0.4 is 5.32 Å². The van der Waals surface area contributed by atoms with E-state index < -0.39 is 29.8 Å². The smallest absolute Gasteiger partial charge is 0.410 e. The topological polar surface area (TPSA) is 85.1 Å². The van der Waals surface area contributed by atoms with Crippen molar-refractivity contribution in [3.05, 3.63) is 11.8 Å². The SMILES string of the molecule is CCCCC(NC=O)C(=O)c1nnc(C(F)(F)F)o1. The van der Waals surface area contributed by atoms with E-state index in [4.69, 9.17) is 0 Å². The van der Waals surface area contributed by atoms with Crippen molar-refractivity contribution in [2.45, 2.75) is 38.4 Å². The fourth-order valence-corrected chi connectivity index (χ4v) is 1.37. The van der Waals surface area contributed by atoms with Crippen LogP contribution >= 0.6 is 0 Å². The maximum Gasteiger partial charge on any atom is 0.470 e. The van der Waals surface area contributed by atoms with Gasteiger partial charge in [-0.25, -0.2) is 0 Å². The fraction of sp³-hybridized carbons (Fsp3) is 0.600. The zero-order chi connectivity index (χ0) is 14.5. The van der Waals surface area contributed by atoms with E-state index in [2.05, 4.69) is 19.9 Å². The molecule has 0 saturated heterocycles. The molecule has 1 rings (SSSR count). The molecule has 0 aromatic carbocycles. The summed E-state index contributed by atoms with van der Waals surface area (Å²) in [5.74, 6) is -3.18. The van der Waals surface area contributed by atoms with Crippen LogP contribution in [0.4, 0.5) is 13.2 Å². The molecule has 0 aliphatic heterocycles. The molecule has 0 fully saturated rings. The number of hydrogen-bond donors (Lipinski definition) is 1. The summed E-state index contributed by atoms with van der Waals surface area (Å²) in [6, 6.07) is -0.959. The minimum Gasteiger partial charge on any atom is -0.410 e. The highest BCUT2D eigenvalue weighted by molar-refractivity contribution is 5.96. The molecule has 1 aromatic heterocycles. The lowest BCUT2D eigenvalue weighted by Gasteiger charge is -2.11. The number of aromatic nitrogens is 2. The van der Waals surface area contributed by atoms with Crippen LogP contribution in [0.25, 0.3) is 0 Å². The van der Waals surface area contributed by atoms with E-state index in [1.807, 2.05) is 6.92 Å². The van der Waals surface area contributed by atoms with Gasteiger partial charge >= 0.3 is 12.1 Å². The second kappa shape index (κ2) is 6.30. The van der Waals surface area contributed by atoms with Gasteiger partial charge in [-0.2, -0.15) is 13.2 Å². The minimum atomic E-state index is -4.80. The second-order valence-corrected chi connectivity index (χ2v) is 3.75. The number of carbonyl (C=O) groups excluding carboxylic acids is 2. The van der Waals surface area contributed by atoms with Crippen molar-refractivity contribution in [2.24, 2.45) is 0 Å². The molecule has 1 aromatic rings. The number of halogens is 3. The van der Waals surface area contributed by atoms with Crippen molar-refractivity contribution in [3.8, 4) is 0 Å². The quantitative estimate of drug-likeness (QED) is 0.605. The van der Waals surface area contributed by atoms with Gasteiger partial charge in [0.15, 0.2) is 0 Å². The Hall–Kier alpha value is -1.93. The second-order valence-electron chi connectivity index (χ2n) is 3.75. The van der Waals surface area contributed by atoms with Crippen molar-refractivity contribution >= 4 is 12.2 Å². The molecule has 19 heavy (non-hydrogen) atoms. The van der Waals surface area contributed by atoms with E-state index in [9.17, 15) is 22.8 Å². The number of hydrogen-bond acceptors (Lipinski definition) is 5. The zero-order valence-electron chi connectivity index (χ0n) is 10.0. The zero-order valence-corrected chi connectivity index (χ0v) is 10.0. The number of rotatable bonds is 7. The Balaban J connectivity index is 2.84. The summed E-state index contributed by atoms with van der Waals surface area (Å²) in [4.78, 5) is 22.2. The molecule has 0 bridgehead atoms. The third-order valence-corrected chi connectivity index (χ3v) is 2.31. The largest absolute Gasteiger partial charge is 0.470 e. The summed E-state index contributed by atoms with van der Waals surface area (Å²) >= 11 is 0. The van der Waals surface area contributed by atoms with Crippen molar-refractivity contribution in [1.29, 1.82) is 0 Å². The molecular weight excluding hydrogens is 267 g/mol. The molecule has 106 valence electrons. The summed E-state index contributed by atoms with van der Waals surface area (Å²) in [6.07, 6.45) is -2.82. The van der Waals surface area contributed by atoms with E-state index in [1.54, 1.807) is 0 Å². The first kappa shape index (κ1) is 15.1. The third-order valence-electron chi connectivity index (χ3n) is 2.31. The highest BCUT2D eigenvalue weighted by Gasteiger charge is 2.39. The first-order chi connectivity index (χ1) is 8.90. The van der Waals surface area contributed by atoms with Gasteiger partial charge in [-0.3, -0.25) is 9.59 Å². The summed E-state index contributed by atoms with van der Waals surface area (Å²) in [5, 5.41) is 8.03. The van der Waals surface area contributed by atoms with Crippen molar-refractivity contribution in [2.75, 3.05) is 0 Å². The number of alkyl halides is 3. The normalized spacial score (nSPS) is 13.1. The van der Waals surface area contributed by atoms with Crippen LogP contribution in [0.5, 0.6) is 0 Å². The van der Waals surface area contributed by atoms with Gasteiger partial charge in [0.2, 0.25) is 12.2 Å². The molecule has 0 spiro atoms. The predicted molar refractivity (Wildman–Crippen MR) is 56.1 cm³/mol. The van der Waals surface area contributed by atoms with Gasteiger partial charge in [0, 0.05) is 0 Å². The summed E-state index contributed by atoms with van der Waals surface area (Å²) < 4.78 is 41.0. The monoisotopic (exact) mass is 279 g/mol. The first-order valence-electron chi connectivity index (χ1n) is 5.54. The number of ketones is 1. The molecule has 1 N–H and O–H groups in total. The van der Waals surface area contributed by atoms with Gasteiger partial charge in [-0.05, 0) is 6.42 Å². The van der Waals surface area contributed by atoms with Crippen LogP contribution in [0.3, 0.4) is 0 Å². The van der Waals surface area contributed by atoms with Gasteiger partial charge in [-0.1, -0.05) is 19.8 Å². The van der Waals surface area contributed by atoms with Gasteiger partial charge in [-0.15, -0.1) is 10.2 Å². The highest BCUT2D eigenvalue weighted by atomic mass is 19.4. The van der Waals surface area contributed by atoms with Gasteiger partial charge in [0.25, 0.3) is 5.89 Å². The van der Waals surface area contributed by atoms with E-state index in [-0.39, 0.29) is 6.42 Å². The Bertz CT molecular complexity index is 445. The van der Waals surface area contributed by atoms with Crippen molar-refractivity contribution in [1.82, 2.24) is 15.5 Å². The summed E-state index contributed by atoms with van der Waals surface area (Å²) in [7, 11) is 0. The molecule has 0 aliphatic carbocycles. The highest BCUT2D eigenvalue weighted by Crippen LogP contribution is 2.27. The lowest BCUT2D eigenvalue weighted by molar-refractivity contribution is -0.157. The van der Waals surface area contributed by atoms with Crippen LogP contribution in [-0.2, 0) is 11.0 Å². The van der Waals surface area contributed by atoms with Crippen LogP contribution in [0.15, 0.2) is 4.42 Å². The molecular formula is C10H12F3N3O3. The summed E-state index contributed by atoms with van der Waals surface area (Å²) in [6.45, 7) is 1.87. The summed E-state index contributed by atoms with van der Waals surface area (Å²) in [5.41, 5.74) is 0. The maximum absolute atomic E-state index is 12.2. The average molecular weight is 279 g/mol. The third kappa shape index (κ3) is 4.04. The molecule has 0 radical (unpaired) electrons. The Morgan fingerprint density at radius 2 is 2.16 bits per heavy atom. The lowest BCUT2D eigenvalue weighted by Crippen LogP contribution is -2.36. The molecule has 0 saturated carbocycles. The number of carbonyl (C=O) groups is 2. The number of amides is 1. The van der Waals surface area contributed by atoms with E-state index in [0.717, 1.165) is 6.42 Å². The van der Waals surface area contributed by atoms with Gasteiger partial charge in [0.05, 0.1) is 6.04 Å². The van der Waals surface area contributed by atoms with Crippen LogP contribution in [0, 0.1) is 0 Å². The number of unbranched alkanes of at least 4 members (excludes halogenated alkanes) is 1. The van der Waals surface area contributed by atoms with E-state index in [1.165, 1.54) is 0 Å². The van der Waals surface area contributed by atoms with E-state index >= 15 is 0 Å². The number of nitrogens with zero attached hydrogens (tertiary/aromatic N) is 2. The first-order valence-corrected chi connectivity index (χ1v) is 5.54. The predicted octanol–water partition coefficient (Wildman–Crippen LogP) is 1.58. The Kier molecular flexibility index (Phi) is 5.02. The fourth-order valence-electron chi connectivity index (χ4n) is 1.37. The average Bonchev–Trinajstić information content (AvgIpc) is 2.83. The standard InChI is InChI=1S/C10H12F3N3O3/c1-2-3-4-6(14-5-17)7(18)8-15-16-9(19-8)10(11,12)13/h5-6H,2-4H2,1H3,(H,14,17). The van der Waals surface area contributed by atoms with Gasteiger partial charge < -0.3 is 9.73 Å². The molecule has 1 heterocycles. The van der Waals surface area contributed by atoms with Crippen LogP contribution in [0.2, 0.25) is 0 Å². The molecule has 1 atom stereocenters. The number of nitrogens with one attached hydrogen (secondary N) is 1. The van der Waals surface area contributed by atoms with Crippen molar-refractivity contribution in [3.63, 3.8) is 0 Å². The van der Waals surface area contributed by atoms with Crippen LogP contribution in [-0.4, -0.2) is 28.4 Å². The molecule has 1 amide bonds. The lowest BCUT2D eigenvalue weighted by atomic mass is 10.1. The van der Waals surface area contributed by atoms with Crippen molar-refractivity contribution < 1.29 is 27.2 Å². The van der Waals surface area contributed by atoms with Crippen LogP contribution in [0.1, 0.15) is 42.8 Å². The Morgan fingerprint density at radius 1 is 1.47 bits per heavy atom. The van der Waals surface area contributed by atoms with E-state index in [0.29, 0.717) is 12.8 Å². The molecule has 1 unspecified atom stereocenters. The molecule has 9 heteroatoms. The minimum absolute atomic E-state index is 0.289. The molecule has 6 nitrogen and oxygen atoms in total. The Morgan fingerprint density at radius 3 is 2.63 bits per heavy atom. The maximum atomic E-state index is 12.2. The number of Topliss-reactive ketones (excluding diaryl/α,β-unsaturated/α-hetero) is 1. The molecule has 0 aliphatic rings. The van der Waals surface area contributed by atoms with Gasteiger partial charge in [0.1, 0.15) is 0 Å². The Labute approximate surface area is 106 Å².